The average molecular weight is 235 g/mol. The maximum atomic E-state index is 9.59. The third-order valence-electron chi connectivity index (χ3n) is 2.47. The lowest BCUT2D eigenvalue weighted by Crippen LogP contribution is -2.66. The zero-order valence-electron chi connectivity index (χ0n) is 8.46. The summed E-state index contributed by atoms with van der Waals surface area (Å²) in [4.78, 5) is 2.41. The van der Waals surface area contributed by atoms with Crippen molar-refractivity contribution in [3.8, 4) is 0 Å². The number of hydrogen-bond donors (Lipinski definition) is 4. The van der Waals surface area contributed by atoms with Gasteiger partial charge in [0.05, 0.1) is 0 Å². The van der Waals surface area contributed by atoms with E-state index in [0.29, 0.717) is 0 Å². The molecular weight excluding hydrogens is 222 g/mol. The summed E-state index contributed by atoms with van der Waals surface area (Å²) < 4.78 is 9.71. The van der Waals surface area contributed by atoms with Crippen molar-refractivity contribution < 1.29 is 29.9 Å². The summed E-state index contributed by atoms with van der Waals surface area (Å²) in [7, 11) is 1.14. The SMILES string of the molecule is CO[C@]1(CO)OC(N=[N+]=[N-])[C@H](O)[C@@H](O)[C@H]1O. The van der Waals surface area contributed by atoms with Crippen LogP contribution in [-0.4, -0.2) is 64.5 Å². The van der Waals surface area contributed by atoms with Crippen LogP contribution in [0.1, 0.15) is 0 Å². The summed E-state index contributed by atoms with van der Waals surface area (Å²) >= 11 is 0. The second kappa shape index (κ2) is 4.93. The van der Waals surface area contributed by atoms with Gasteiger partial charge in [-0.25, -0.2) is 0 Å². The quantitative estimate of drug-likeness (QED) is 0.254. The minimum absolute atomic E-state index is 0.772. The molecule has 0 saturated carbocycles. The van der Waals surface area contributed by atoms with Crippen molar-refractivity contribution >= 4 is 0 Å². The Hall–Kier alpha value is -0.930. The molecule has 1 rings (SSSR count). The second-order valence-electron chi connectivity index (χ2n) is 3.31. The molecule has 16 heavy (non-hydrogen) atoms. The van der Waals surface area contributed by atoms with E-state index in [4.69, 9.17) is 20.1 Å². The molecule has 0 radical (unpaired) electrons. The van der Waals surface area contributed by atoms with Crippen molar-refractivity contribution in [1.29, 1.82) is 0 Å². The highest BCUT2D eigenvalue weighted by Gasteiger charge is 2.53. The molecule has 9 heteroatoms. The van der Waals surface area contributed by atoms with Gasteiger partial charge in [0, 0.05) is 12.0 Å². The normalized spacial score (nSPS) is 43.8. The fourth-order valence-corrected chi connectivity index (χ4v) is 1.47. The first-order valence-electron chi connectivity index (χ1n) is 4.44. The van der Waals surface area contributed by atoms with Crippen molar-refractivity contribution in [2.45, 2.75) is 30.3 Å². The fraction of sp³-hybridized carbons (Fsp3) is 1.00. The summed E-state index contributed by atoms with van der Waals surface area (Å²) in [5.74, 6) is -1.92. The number of hydrogen-bond acceptors (Lipinski definition) is 7. The largest absolute Gasteiger partial charge is 0.391 e. The van der Waals surface area contributed by atoms with E-state index in [1.54, 1.807) is 0 Å². The van der Waals surface area contributed by atoms with Crippen LogP contribution in [0.5, 0.6) is 0 Å². The third-order valence-corrected chi connectivity index (χ3v) is 2.47. The Bertz CT molecular complexity index is 290. The molecule has 1 saturated heterocycles. The van der Waals surface area contributed by atoms with Crippen LogP contribution in [0.4, 0.5) is 0 Å². The van der Waals surface area contributed by atoms with Crippen molar-refractivity contribution in [3.05, 3.63) is 10.4 Å². The molecule has 92 valence electrons. The summed E-state index contributed by atoms with van der Waals surface area (Å²) in [6, 6.07) is 0. The standard InChI is InChI=1S/C7H13N3O6/c1-15-7(2-11)5(14)3(12)4(13)6(16-7)9-10-8/h3-6,11-14H,2H2,1H3/t3-,4-,5-,6?,7-/m1/s1. The maximum absolute atomic E-state index is 9.59. The molecule has 1 fully saturated rings. The summed E-state index contributed by atoms with van der Waals surface area (Å²) in [5.41, 5.74) is 8.22. The monoisotopic (exact) mass is 235 g/mol. The van der Waals surface area contributed by atoms with Crippen LogP contribution >= 0.6 is 0 Å². The van der Waals surface area contributed by atoms with Gasteiger partial charge in [-0.15, -0.1) is 0 Å². The lowest BCUT2D eigenvalue weighted by molar-refractivity contribution is -0.361. The number of methoxy groups -OCH3 is 1. The molecule has 0 aromatic rings. The molecule has 4 N–H and O–H groups in total. The van der Waals surface area contributed by atoms with Crippen LogP contribution in [0.15, 0.2) is 5.11 Å². The lowest BCUT2D eigenvalue weighted by atomic mass is 9.95. The van der Waals surface area contributed by atoms with E-state index < -0.39 is 36.9 Å². The van der Waals surface area contributed by atoms with Gasteiger partial charge in [-0.05, 0) is 5.53 Å². The zero-order valence-corrected chi connectivity index (χ0v) is 8.46. The van der Waals surface area contributed by atoms with Crippen LogP contribution in [0.2, 0.25) is 0 Å². The van der Waals surface area contributed by atoms with Crippen molar-refractivity contribution in [1.82, 2.24) is 0 Å². The Balaban J connectivity index is 3.01. The van der Waals surface area contributed by atoms with Gasteiger partial charge in [-0.1, -0.05) is 5.11 Å². The van der Waals surface area contributed by atoms with Crippen LogP contribution in [0, 0.1) is 0 Å². The third kappa shape index (κ3) is 1.97. The lowest BCUT2D eigenvalue weighted by Gasteiger charge is -2.45. The predicted molar refractivity (Wildman–Crippen MR) is 48.9 cm³/mol. The number of nitrogens with zero attached hydrogens (tertiary/aromatic N) is 3. The van der Waals surface area contributed by atoms with Crippen molar-refractivity contribution in [3.63, 3.8) is 0 Å². The number of azide groups is 1. The molecular formula is C7H13N3O6. The molecule has 0 aliphatic carbocycles. The topological polar surface area (TPSA) is 148 Å². The fourth-order valence-electron chi connectivity index (χ4n) is 1.47. The first kappa shape index (κ1) is 13.1. The predicted octanol–water partition coefficient (Wildman–Crippen LogP) is -1.93. The van der Waals surface area contributed by atoms with E-state index in [9.17, 15) is 15.3 Å². The number of ether oxygens (including phenoxy) is 2. The van der Waals surface area contributed by atoms with Gasteiger partial charge >= 0.3 is 0 Å². The van der Waals surface area contributed by atoms with E-state index >= 15 is 0 Å². The van der Waals surface area contributed by atoms with E-state index in [1.807, 2.05) is 0 Å². The van der Waals surface area contributed by atoms with Crippen LogP contribution < -0.4 is 0 Å². The summed E-state index contributed by atoms with van der Waals surface area (Å²) in [6.07, 6.45) is -6.37. The van der Waals surface area contributed by atoms with Gasteiger partial charge in [-0.2, -0.15) is 0 Å². The molecule has 0 aromatic carbocycles. The molecule has 0 bridgehead atoms. The van der Waals surface area contributed by atoms with Gasteiger partial charge < -0.3 is 29.9 Å². The smallest absolute Gasteiger partial charge is 0.221 e. The first-order valence-corrected chi connectivity index (χ1v) is 4.44. The molecule has 5 atom stereocenters. The molecule has 0 spiro atoms. The molecule has 0 amide bonds. The van der Waals surface area contributed by atoms with Gasteiger partial charge in [0.15, 0.2) is 6.23 Å². The van der Waals surface area contributed by atoms with Crippen molar-refractivity contribution in [2.75, 3.05) is 13.7 Å². The highest BCUT2D eigenvalue weighted by Crippen LogP contribution is 2.31. The molecule has 1 heterocycles. The Morgan fingerprint density at radius 1 is 1.44 bits per heavy atom. The highest BCUT2D eigenvalue weighted by molar-refractivity contribution is 4.96. The second-order valence-corrected chi connectivity index (χ2v) is 3.31. The van der Waals surface area contributed by atoms with Crippen LogP contribution in [0.3, 0.4) is 0 Å². The summed E-state index contributed by atoms with van der Waals surface area (Å²) in [5, 5.41) is 40.7. The van der Waals surface area contributed by atoms with E-state index in [-0.39, 0.29) is 0 Å². The van der Waals surface area contributed by atoms with Gasteiger partial charge in [0.1, 0.15) is 24.9 Å². The summed E-state index contributed by atoms with van der Waals surface area (Å²) in [6.45, 7) is -0.772. The Morgan fingerprint density at radius 3 is 2.50 bits per heavy atom. The Kier molecular flexibility index (Phi) is 4.05. The molecule has 0 aromatic heterocycles. The minimum Gasteiger partial charge on any atom is -0.391 e. The number of aliphatic hydroxyl groups is 4. The molecule has 1 aliphatic heterocycles. The van der Waals surface area contributed by atoms with E-state index in [1.165, 1.54) is 0 Å². The zero-order chi connectivity index (χ0) is 12.3. The number of aliphatic hydroxyl groups excluding tert-OH is 4. The van der Waals surface area contributed by atoms with Gasteiger partial charge in [0.25, 0.3) is 0 Å². The van der Waals surface area contributed by atoms with E-state index in [2.05, 4.69) is 10.0 Å². The van der Waals surface area contributed by atoms with Gasteiger partial charge in [-0.3, -0.25) is 0 Å². The minimum atomic E-state index is -1.92. The van der Waals surface area contributed by atoms with Crippen LogP contribution in [0.25, 0.3) is 10.4 Å². The average Bonchev–Trinajstić information content (AvgIpc) is 2.31. The van der Waals surface area contributed by atoms with Crippen molar-refractivity contribution in [2.24, 2.45) is 5.11 Å². The molecule has 9 nitrogen and oxygen atoms in total. The van der Waals surface area contributed by atoms with Gasteiger partial charge in [0.2, 0.25) is 5.79 Å². The van der Waals surface area contributed by atoms with E-state index in [0.717, 1.165) is 7.11 Å². The Labute approximate surface area is 90.5 Å². The highest BCUT2D eigenvalue weighted by atomic mass is 16.7. The number of rotatable bonds is 3. The van der Waals surface area contributed by atoms with Crippen LogP contribution in [-0.2, 0) is 9.47 Å². The molecule has 1 unspecified atom stereocenters. The maximum Gasteiger partial charge on any atom is 0.221 e. The first-order chi connectivity index (χ1) is 7.52. The molecule has 1 aliphatic rings. The Morgan fingerprint density at radius 2 is 2.06 bits per heavy atom.